The van der Waals surface area contributed by atoms with Crippen molar-refractivity contribution in [2.45, 2.75) is 19.4 Å². The zero-order chi connectivity index (χ0) is 10.1. The molecule has 0 bridgehead atoms. The average Bonchev–Trinajstić information content (AvgIpc) is 2.82. The molecule has 2 rings (SSSR count). The van der Waals surface area contributed by atoms with Gasteiger partial charge in [0.1, 0.15) is 6.33 Å². The first-order valence-corrected chi connectivity index (χ1v) is 4.91. The lowest BCUT2D eigenvalue weighted by Gasteiger charge is -2.09. The number of hydrogen-bond acceptors (Lipinski definition) is 4. The van der Waals surface area contributed by atoms with E-state index >= 15 is 0 Å². The van der Waals surface area contributed by atoms with Gasteiger partial charge in [-0.1, -0.05) is 18.5 Å². The molecule has 0 spiro atoms. The highest BCUT2D eigenvalue weighted by atomic mass is 35.5. The minimum Gasteiger partial charge on any atom is -0.490 e. The van der Waals surface area contributed by atoms with E-state index in [9.17, 15) is 0 Å². The molecule has 1 heterocycles. The number of rotatable bonds is 3. The molecule has 1 aromatic heterocycles. The molecule has 1 aliphatic carbocycles. The zero-order valence-electron chi connectivity index (χ0n) is 8.12. The molecule has 0 saturated heterocycles. The Morgan fingerprint density at radius 2 is 2.29 bits per heavy atom. The third-order valence-corrected chi connectivity index (χ3v) is 2.67. The maximum atomic E-state index is 5.85. The molecule has 1 fully saturated rings. The number of halogens is 1. The smallest absolute Gasteiger partial charge is 0.198 e. The van der Waals surface area contributed by atoms with Crippen LogP contribution in [0.25, 0.3) is 0 Å². The Morgan fingerprint density at radius 3 is 2.86 bits per heavy atom. The van der Waals surface area contributed by atoms with Crippen LogP contribution < -0.4 is 10.1 Å². The highest BCUT2D eigenvalue weighted by Gasteiger charge is 2.33. The number of nitrogens with zero attached hydrogens (tertiary/aromatic N) is 2. The number of hydrogen-bond donors (Lipinski definition) is 1. The molecular weight excluding hydrogens is 202 g/mol. The minimum atomic E-state index is 0.346. The highest BCUT2D eigenvalue weighted by molar-refractivity contribution is 6.31. The average molecular weight is 214 g/mol. The Hall–Kier alpha value is -1.03. The van der Waals surface area contributed by atoms with Gasteiger partial charge in [0.15, 0.2) is 16.7 Å². The second kappa shape index (κ2) is 3.61. The van der Waals surface area contributed by atoms with Gasteiger partial charge in [-0.2, -0.15) is 0 Å². The SMILES string of the molecule is COc1c(Cl)ncnc1NC1CC1C. The molecular formula is C9H12ClN3O. The first-order valence-electron chi connectivity index (χ1n) is 4.53. The van der Waals surface area contributed by atoms with Gasteiger partial charge in [0.2, 0.25) is 0 Å². The summed E-state index contributed by atoms with van der Waals surface area (Å²) < 4.78 is 5.12. The van der Waals surface area contributed by atoms with Crippen LogP contribution in [0, 0.1) is 5.92 Å². The Morgan fingerprint density at radius 1 is 1.57 bits per heavy atom. The van der Waals surface area contributed by atoms with Gasteiger partial charge in [-0.05, 0) is 12.3 Å². The number of ether oxygens (including phenoxy) is 1. The van der Waals surface area contributed by atoms with Crippen molar-refractivity contribution in [2.24, 2.45) is 5.92 Å². The van der Waals surface area contributed by atoms with Crippen molar-refractivity contribution in [3.63, 3.8) is 0 Å². The Bertz CT molecular complexity index is 345. The lowest BCUT2D eigenvalue weighted by molar-refractivity contribution is 0.413. The lowest BCUT2D eigenvalue weighted by atomic mass is 10.4. The van der Waals surface area contributed by atoms with Crippen LogP contribution in [0.4, 0.5) is 5.82 Å². The molecule has 76 valence electrons. The zero-order valence-corrected chi connectivity index (χ0v) is 8.88. The molecule has 1 N–H and O–H groups in total. The maximum absolute atomic E-state index is 5.85. The Balaban J connectivity index is 2.19. The van der Waals surface area contributed by atoms with E-state index in [1.54, 1.807) is 7.11 Å². The van der Waals surface area contributed by atoms with E-state index in [-0.39, 0.29) is 0 Å². The highest BCUT2D eigenvalue weighted by Crippen LogP contribution is 2.36. The van der Waals surface area contributed by atoms with Crippen LogP contribution in [0.5, 0.6) is 5.75 Å². The second-order valence-corrected chi connectivity index (χ2v) is 3.87. The van der Waals surface area contributed by atoms with Crippen molar-refractivity contribution in [1.29, 1.82) is 0 Å². The van der Waals surface area contributed by atoms with Crippen LogP contribution in [0.3, 0.4) is 0 Å². The van der Waals surface area contributed by atoms with E-state index in [0.29, 0.717) is 28.7 Å². The number of methoxy groups -OCH3 is 1. The summed E-state index contributed by atoms with van der Waals surface area (Å²) >= 11 is 5.85. The van der Waals surface area contributed by atoms with E-state index in [0.717, 1.165) is 0 Å². The van der Waals surface area contributed by atoms with E-state index in [1.807, 2.05) is 0 Å². The molecule has 0 aromatic carbocycles. The Labute approximate surface area is 87.7 Å². The third kappa shape index (κ3) is 1.75. The van der Waals surface area contributed by atoms with Crippen molar-refractivity contribution in [2.75, 3.05) is 12.4 Å². The number of nitrogens with one attached hydrogen (secondary N) is 1. The maximum Gasteiger partial charge on any atom is 0.198 e. The Kier molecular flexibility index (Phi) is 2.46. The standard InChI is InChI=1S/C9H12ClN3O/c1-5-3-6(5)13-9-7(14-2)8(10)11-4-12-9/h4-6H,3H2,1-2H3,(H,11,12,13). The number of aromatic nitrogens is 2. The fraction of sp³-hybridized carbons (Fsp3) is 0.556. The molecule has 14 heavy (non-hydrogen) atoms. The summed E-state index contributed by atoms with van der Waals surface area (Å²) in [6.07, 6.45) is 2.60. The van der Waals surface area contributed by atoms with Crippen LogP contribution in [0.15, 0.2) is 6.33 Å². The third-order valence-electron chi connectivity index (χ3n) is 2.40. The molecule has 1 saturated carbocycles. The van der Waals surface area contributed by atoms with Crippen molar-refractivity contribution in [1.82, 2.24) is 9.97 Å². The fourth-order valence-electron chi connectivity index (χ4n) is 1.33. The normalized spacial score (nSPS) is 24.5. The topological polar surface area (TPSA) is 47.0 Å². The van der Waals surface area contributed by atoms with Gasteiger partial charge in [-0.3, -0.25) is 0 Å². The van der Waals surface area contributed by atoms with Gasteiger partial charge < -0.3 is 10.1 Å². The predicted octanol–water partition coefficient (Wildman–Crippen LogP) is 1.96. The molecule has 0 aliphatic heterocycles. The van der Waals surface area contributed by atoms with Crippen LogP contribution in [-0.4, -0.2) is 23.1 Å². The number of anilines is 1. The predicted molar refractivity (Wildman–Crippen MR) is 54.8 cm³/mol. The van der Waals surface area contributed by atoms with Crippen LogP contribution in [-0.2, 0) is 0 Å². The van der Waals surface area contributed by atoms with E-state index in [2.05, 4.69) is 22.2 Å². The van der Waals surface area contributed by atoms with E-state index < -0.39 is 0 Å². The van der Waals surface area contributed by atoms with Crippen LogP contribution in [0.2, 0.25) is 5.15 Å². The summed E-state index contributed by atoms with van der Waals surface area (Å²) in [6, 6.07) is 0.495. The van der Waals surface area contributed by atoms with Crippen molar-refractivity contribution in [3.8, 4) is 5.75 Å². The van der Waals surface area contributed by atoms with Gasteiger partial charge in [0.05, 0.1) is 7.11 Å². The van der Waals surface area contributed by atoms with E-state index in [1.165, 1.54) is 12.7 Å². The molecule has 0 amide bonds. The molecule has 4 nitrogen and oxygen atoms in total. The largest absolute Gasteiger partial charge is 0.490 e. The molecule has 0 radical (unpaired) electrons. The summed E-state index contributed by atoms with van der Waals surface area (Å²) in [5.74, 6) is 1.91. The summed E-state index contributed by atoms with van der Waals surface area (Å²) in [7, 11) is 1.56. The minimum absolute atomic E-state index is 0.346. The first-order chi connectivity index (χ1) is 6.72. The van der Waals surface area contributed by atoms with Gasteiger partial charge in [-0.25, -0.2) is 9.97 Å². The van der Waals surface area contributed by atoms with E-state index in [4.69, 9.17) is 16.3 Å². The quantitative estimate of drug-likeness (QED) is 0.780. The van der Waals surface area contributed by atoms with Gasteiger partial charge in [-0.15, -0.1) is 0 Å². The summed E-state index contributed by atoms with van der Waals surface area (Å²) in [6.45, 7) is 2.19. The van der Waals surface area contributed by atoms with Gasteiger partial charge in [0.25, 0.3) is 0 Å². The summed E-state index contributed by atoms with van der Waals surface area (Å²) in [5.41, 5.74) is 0. The molecule has 5 heteroatoms. The van der Waals surface area contributed by atoms with Gasteiger partial charge in [0, 0.05) is 6.04 Å². The monoisotopic (exact) mass is 213 g/mol. The summed E-state index contributed by atoms with van der Waals surface area (Å²) in [5, 5.41) is 3.61. The van der Waals surface area contributed by atoms with Crippen molar-refractivity contribution < 1.29 is 4.74 Å². The van der Waals surface area contributed by atoms with Crippen molar-refractivity contribution >= 4 is 17.4 Å². The molecule has 2 unspecified atom stereocenters. The second-order valence-electron chi connectivity index (χ2n) is 3.51. The first kappa shape index (κ1) is 9.52. The van der Waals surface area contributed by atoms with Crippen molar-refractivity contribution in [3.05, 3.63) is 11.5 Å². The summed E-state index contributed by atoms with van der Waals surface area (Å²) in [4.78, 5) is 7.94. The molecule has 2 atom stereocenters. The van der Waals surface area contributed by atoms with Gasteiger partial charge >= 0.3 is 0 Å². The lowest BCUT2D eigenvalue weighted by Crippen LogP contribution is -2.07. The fourth-order valence-corrected chi connectivity index (χ4v) is 1.55. The molecule has 1 aromatic rings. The van der Waals surface area contributed by atoms with Crippen LogP contribution >= 0.6 is 11.6 Å². The molecule has 1 aliphatic rings. The van der Waals surface area contributed by atoms with Crippen LogP contribution in [0.1, 0.15) is 13.3 Å².